The van der Waals surface area contributed by atoms with E-state index in [1.54, 1.807) is 4.90 Å². The Kier molecular flexibility index (Phi) is 4.48. The number of benzene rings is 2. The highest BCUT2D eigenvalue weighted by atomic mass is 16.6. The van der Waals surface area contributed by atoms with Crippen LogP contribution >= 0.6 is 0 Å². The molecule has 6 heteroatoms. The molecular weight excluding hydrogens is 332 g/mol. The van der Waals surface area contributed by atoms with Gasteiger partial charge in [-0.3, -0.25) is 9.69 Å². The first-order chi connectivity index (χ1) is 12.7. The molecule has 0 spiro atoms. The van der Waals surface area contributed by atoms with Crippen LogP contribution in [0.4, 0.5) is 10.5 Å². The fourth-order valence-corrected chi connectivity index (χ4v) is 3.26. The highest BCUT2D eigenvalue weighted by Crippen LogP contribution is 2.26. The Hall–Kier alpha value is -3.02. The van der Waals surface area contributed by atoms with Crippen molar-refractivity contribution < 1.29 is 19.1 Å². The fraction of sp³-hybridized carbons (Fsp3) is 0.300. The average molecular weight is 352 g/mol. The van der Waals surface area contributed by atoms with Crippen LogP contribution in [-0.2, 0) is 28.9 Å². The van der Waals surface area contributed by atoms with Crippen molar-refractivity contribution in [3.05, 3.63) is 59.2 Å². The Balaban J connectivity index is 1.35. The Morgan fingerprint density at radius 3 is 2.85 bits per heavy atom. The van der Waals surface area contributed by atoms with Gasteiger partial charge in [0.15, 0.2) is 0 Å². The first kappa shape index (κ1) is 16.4. The van der Waals surface area contributed by atoms with Crippen LogP contribution in [-0.4, -0.2) is 31.8 Å². The van der Waals surface area contributed by atoms with E-state index in [2.05, 4.69) is 5.32 Å². The van der Waals surface area contributed by atoms with E-state index < -0.39 is 0 Å². The van der Waals surface area contributed by atoms with Crippen molar-refractivity contribution >= 4 is 17.7 Å². The summed E-state index contributed by atoms with van der Waals surface area (Å²) < 4.78 is 10.5. The van der Waals surface area contributed by atoms with E-state index in [9.17, 15) is 9.59 Å². The number of fused-ring (bicyclic) bond motifs is 1. The Morgan fingerprint density at radius 2 is 2.00 bits per heavy atom. The first-order valence-corrected chi connectivity index (χ1v) is 8.73. The lowest BCUT2D eigenvalue weighted by Crippen LogP contribution is -2.25. The molecule has 6 nitrogen and oxygen atoms in total. The van der Waals surface area contributed by atoms with Gasteiger partial charge in [0, 0.05) is 18.7 Å². The van der Waals surface area contributed by atoms with Gasteiger partial charge in [-0.15, -0.1) is 0 Å². The number of nitrogens with zero attached hydrogens (tertiary/aromatic N) is 1. The van der Waals surface area contributed by atoms with Crippen LogP contribution in [0.3, 0.4) is 0 Å². The summed E-state index contributed by atoms with van der Waals surface area (Å²) in [4.78, 5) is 25.5. The monoisotopic (exact) mass is 352 g/mol. The Bertz CT molecular complexity index is 849. The van der Waals surface area contributed by atoms with Gasteiger partial charge in [0.25, 0.3) is 0 Å². The molecule has 0 unspecified atom stereocenters. The van der Waals surface area contributed by atoms with Gasteiger partial charge in [0.1, 0.15) is 12.4 Å². The molecule has 2 amide bonds. The third kappa shape index (κ3) is 3.49. The summed E-state index contributed by atoms with van der Waals surface area (Å²) in [6.07, 6.45) is 0.911. The zero-order chi connectivity index (χ0) is 17.9. The fourth-order valence-electron chi connectivity index (χ4n) is 3.26. The van der Waals surface area contributed by atoms with Gasteiger partial charge in [-0.2, -0.15) is 0 Å². The van der Waals surface area contributed by atoms with Crippen molar-refractivity contribution in [1.29, 1.82) is 0 Å². The van der Waals surface area contributed by atoms with Crippen LogP contribution in [0.15, 0.2) is 42.5 Å². The molecule has 1 N–H and O–H groups in total. The van der Waals surface area contributed by atoms with Crippen LogP contribution in [0.25, 0.3) is 0 Å². The summed E-state index contributed by atoms with van der Waals surface area (Å²) >= 11 is 0. The lowest BCUT2D eigenvalue weighted by atomic mass is 10.1. The van der Waals surface area contributed by atoms with E-state index in [1.165, 1.54) is 5.56 Å². The lowest BCUT2D eigenvalue weighted by Gasteiger charge is -2.14. The predicted octanol–water partition coefficient (Wildman–Crippen LogP) is 2.44. The van der Waals surface area contributed by atoms with Crippen molar-refractivity contribution in [2.45, 2.75) is 19.4 Å². The van der Waals surface area contributed by atoms with Crippen LogP contribution < -0.4 is 15.0 Å². The maximum absolute atomic E-state index is 12.3. The van der Waals surface area contributed by atoms with Crippen molar-refractivity contribution in [2.24, 2.45) is 0 Å². The number of cyclic esters (lactones) is 1. The molecule has 1 saturated heterocycles. The molecule has 0 atom stereocenters. The molecule has 2 aliphatic rings. The molecule has 2 aliphatic heterocycles. The molecule has 4 rings (SSSR count). The minimum absolute atomic E-state index is 0.0325. The van der Waals surface area contributed by atoms with Crippen LogP contribution in [0.1, 0.15) is 16.7 Å². The first-order valence-electron chi connectivity index (χ1n) is 8.73. The number of amides is 2. The van der Waals surface area contributed by atoms with Gasteiger partial charge in [-0.05, 0) is 34.9 Å². The molecule has 2 heterocycles. The molecular formula is C20H20N2O4. The maximum Gasteiger partial charge on any atom is 0.414 e. The summed E-state index contributed by atoms with van der Waals surface area (Å²) in [5, 5.41) is 2.94. The summed E-state index contributed by atoms with van der Waals surface area (Å²) in [5.41, 5.74) is 3.89. The van der Waals surface area contributed by atoms with Gasteiger partial charge in [-0.25, -0.2) is 4.79 Å². The summed E-state index contributed by atoms with van der Waals surface area (Å²) in [6, 6.07) is 13.5. The highest BCUT2D eigenvalue weighted by molar-refractivity contribution is 5.89. The SMILES string of the molecule is O=C(Cc1ccc2c(c1)CCO2)NCc1cccc(N2CCOC2=O)c1. The minimum Gasteiger partial charge on any atom is -0.493 e. The van der Waals surface area contributed by atoms with E-state index in [4.69, 9.17) is 9.47 Å². The number of ether oxygens (including phenoxy) is 2. The smallest absolute Gasteiger partial charge is 0.414 e. The number of carbonyl (C=O) groups is 2. The predicted molar refractivity (Wildman–Crippen MR) is 96.3 cm³/mol. The second-order valence-corrected chi connectivity index (χ2v) is 6.43. The van der Waals surface area contributed by atoms with E-state index in [1.807, 2.05) is 42.5 Å². The number of hydrogen-bond donors (Lipinski definition) is 1. The highest BCUT2D eigenvalue weighted by Gasteiger charge is 2.23. The quantitative estimate of drug-likeness (QED) is 0.897. The standard InChI is InChI=1S/C20H20N2O4/c23-19(12-14-4-5-18-16(10-14)6-8-25-18)21-13-15-2-1-3-17(11-15)22-7-9-26-20(22)24/h1-5,10-11H,6-9,12-13H2,(H,21,23). The van der Waals surface area contributed by atoms with E-state index in [-0.39, 0.29) is 12.0 Å². The topological polar surface area (TPSA) is 67.9 Å². The van der Waals surface area contributed by atoms with E-state index in [0.29, 0.717) is 32.7 Å². The molecule has 26 heavy (non-hydrogen) atoms. The summed E-state index contributed by atoms with van der Waals surface area (Å²) in [6.45, 7) is 2.10. The van der Waals surface area contributed by atoms with Gasteiger partial charge < -0.3 is 14.8 Å². The van der Waals surface area contributed by atoms with E-state index in [0.717, 1.165) is 29.0 Å². The average Bonchev–Trinajstić information content (AvgIpc) is 3.28. The number of hydrogen-bond acceptors (Lipinski definition) is 4. The zero-order valence-corrected chi connectivity index (χ0v) is 14.4. The summed E-state index contributed by atoms with van der Waals surface area (Å²) in [7, 11) is 0. The molecule has 0 aromatic heterocycles. The van der Waals surface area contributed by atoms with Crippen molar-refractivity contribution in [3.63, 3.8) is 0 Å². The molecule has 1 fully saturated rings. The molecule has 134 valence electrons. The lowest BCUT2D eigenvalue weighted by molar-refractivity contribution is -0.120. The van der Waals surface area contributed by atoms with Gasteiger partial charge in [0.2, 0.25) is 5.91 Å². The number of anilines is 1. The summed E-state index contributed by atoms with van der Waals surface area (Å²) in [5.74, 6) is 0.890. The van der Waals surface area contributed by atoms with Crippen molar-refractivity contribution in [3.8, 4) is 5.75 Å². The van der Waals surface area contributed by atoms with Crippen LogP contribution in [0.2, 0.25) is 0 Å². The van der Waals surface area contributed by atoms with Gasteiger partial charge in [-0.1, -0.05) is 24.3 Å². The van der Waals surface area contributed by atoms with Crippen molar-refractivity contribution in [1.82, 2.24) is 5.32 Å². The molecule has 0 radical (unpaired) electrons. The minimum atomic E-state index is -0.327. The van der Waals surface area contributed by atoms with Crippen molar-refractivity contribution in [2.75, 3.05) is 24.7 Å². The third-order valence-corrected chi connectivity index (χ3v) is 4.59. The third-order valence-electron chi connectivity index (χ3n) is 4.59. The van der Waals surface area contributed by atoms with E-state index >= 15 is 0 Å². The maximum atomic E-state index is 12.3. The number of rotatable bonds is 5. The normalized spacial score (nSPS) is 15.4. The molecule has 2 aromatic rings. The zero-order valence-electron chi connectivity index (χ0n) is 14.4. The molecule has 2 aromatic carbocycles. The van der Waals surface area contributed by atoms with Gasteiger partial charge >= 0.3 is 6.09 Å². The van der Waals surface area contributed by atoms with Gasteiger partial charge in [0.05, 0.1) is 19.6 Å². The van der Waals surface area contributed by atoms with Crippen LogP contribution in [0.5, 0.6) is 5.75 Å². The Labute approximate surface area is 151 Å². The largest absolute Gasteiger partial charge is 0.493 e. The Morgan fingerprint density at radius 1 is 1.08 bits per heavy atom. The number of nitrogens with one attached hydrogen (secondary N) is 1. The van der Waals surface area contributed by atoms with Crippen LogP contribution in [0, 0.1) is 0 Å². The second-order valence-electron chi connectivity index (χ2n) is 6.43. The second kappa shape index (κ2) is 7.07. The molecule has 0 bridgehead atoms. The number of carbonyl (C=O) groups excluding carboxylic acids is 2. The molecule has 0 aliphatic carbocycles. The molecule has 0 saturated carbocycles.